The summed E-state index contributed by atoms with van der Waals surface area (Å²) in [5, 5.41) is 11.6. The van der Waals surface area contributed by atoms with Crippen molar-refractivity contribution in [3.05, 3.63) is 21.9 Å². The Morgan fingerprint density at radius 2 is 2.42 bits per heavy atom. The van der Waals surface area contributed by atoms with E-state index in [1.165, 1.54) is 4.88 Å². The lowest BCUT2D eigenvalue weighted by molar-refractivity contribution is 0.167. The highest BCUT2D eigenvalue weighted by Crippen LogP contribution is 2.23. The summed E-state index contributed by atoms with van der Waals surface area (Å²) in [5.74, 6) is 0.625. The van der Waals surface area contributed by atoms with E-state index >= 15 is 0 Å². The van der Waals surface area contributed by atoms with Gasteiger partial charge in [0.1, 0.15) is 0 Å². The first-order valence-corrected chi connectivity index (χ1v) is 5.44. The van der Waals surface area contributed by atoms with Crippen LogP contribution >= 0.6 is 22.9 Å². The van der Waals surface area contributed by atoms with Gasteiger partial charge in [0.15, 0.2) is 0 Å². The number of thiophene rings is 1. The summed E-state index contributed by atoms with van der Waals surface area (Å²) in [6.07, 6.45) is 1.31. The number of aryl methyl sites for hydroxylation is 1. The Bertz CT molecular complexity index is 234. The fraction of sp³-hybridized carbons (Fsp3) is 0.556. The number of aliphatic hydroxyl groups is 1. The van der Waals surface area contributed by atoms with Gasteiger partial charge in [-0.05, 0) is 36.8 Å². The predicted octanol–water partition coefficient (Wildman–Crippen LogP) is 3.11. The Kier molecular flexibility index (Phi) is 4.06. The Labute approximate surface area is 82.0 Å². The van der Waals surface area contributed by atoms with Gasteiger partial charge in [-0.2, -0.15) is 0 Å². The average molecular weight is 205 g/mol. The molecule has 0 aliphatic rings. The molecule has 0 aromatic carbocycles. The zero-order valence-electron chi connectivity index (χ0n) is 7.09. The molecule has 1 rings (SSSR count). The van der Waals surface area contributed by atoms with E-state index in [9.17, 15) is 5.11 Å². The topological polar surface area (TPSA) is 20.2 Å². The van der Waals surface area contributed by atoms with Crippen molar-refractivity contribution in [3.63, 3.8) is 0 Å². The van der Waals surface area contributed by atoms with Gasteiger partial charge in [-0.15, -0.1) is 22.9 Å². The van der Waals surface area contributed by atoms with Gasteiger partial charge in [0.2, 0.25) is 0 Å². The number of hydrogen-bond acceptors (Lipinski definition) is 2. The largest absolute Gasteiger partial charge is 0.388 e. The lowest BCUT2D eigenvalue weighted by Gasteiger charge is -2.06. The van der Waals surface area contributed by atoms with Crippen molar-refractivity contribution in [2.24, 2.45) is 0 Å². The first-order chi connectivity index (χ1) is 5.74. The fourth-order valence-corrected chi connectivity index (χ4v) is 1.98. The second-order valence-electron chi connectivity index (χ2n) is 2.84. The van der Waals surface area contributed by atoms with Crippen LogP contribution in [0.3, 0.4) is 0 Å². The number of alkyl halides is 1. The molecule has 0 bridgehead atoms. The third-order valence-electron chi connectivity index (χ3n) is 1.75. The van der Waals surface area contributed by atoms with Crippen molar-refractivity contribution in [1.82, 2.24) is 0 Å². The second-order valence-corrected chi connectivity index (χ2v) is 4.33. The first kappa shape index (κ1) is 10.0. The summed E-state index contributed by atoms with van der Waals surface area (Å²) in [6.45, 7) is 2.04. The van der Waals surface area contributed by atoms with Crippen LogP contribution in [0.4, 0.5) is 0 Å². The summed E-state index contributed by atoms with van der Waals surface area (Å²) in [7, 11) is 0. The number of halogens is 1. The molecule has 0 spiro atoms. The Balaban J connectivity index is 2.47. The van der Waals surface area contributed by atoms with Gasteiger partial charge in [-0.25, -0.2) is 0 Å². The molecule has 0 saturated carbocycles. The summed E-state index contributed by atoms with van der Waals surface area (Å²) in [6, 6.07) is 2.03. The van der Waals surface area contributed by atoms with Crippen molar-refractivity contribution in [2.75, 3.05) is 5.88 Å². The van der Waals surface area contributed by atoms with Crippen LogP contribution in [0.15, 0.2) is 11.4 Å². The summed E-state index contributed by atoms with van der Waals surface area (Å²) in [4.78, 5) is 1.25. The van der Waals surface area contributed by atoms with E-state index in [1.807, 2.05) is 18.4 Å². The number of aliphatic hydroxyl groups excluding tert-OH is 1. The minimum Gasteiger partial charge on any atom is -0.388 e. The Morgan fingerprint density at radius 1 is 1.67 bits per heavy atom. The highest BCUT2D eigenvalue weighted by Gasteiger charge is 2.07. The lowest BCUT2D eigenvalue weighted by Crippen LogP contribution is -1.95. The fourth-order valence-electron chi connectivity index (χ4n) is 1.08. The van der Waals surface area contributed by atoms with Gasteiger partial charge in [-0.3, -0.25) is 0 Å². The van der Waals surface area contributed by atoms with Gasteiger partial charge in [0.25, 0.3) is 0 Å². The van der Waals surface area contributed by atoms with Gasteiger partial charge in [-0.1, -0.05) is 0 Å². The van der Waals surface area contributed by atoms with E-state index < -0.39 is 0 Å². The minimum absolute atomic E-state index is 0.325. The molecule has 1 nitrogen and oxygen atoms in total. The van der Waals surface area contributed by atoms with Crippen molar-refractivity contribution in [3.8, 4) is 0 Å². The van der Waals surface area contributed by atoms with Crippen molar-refractivity contribution >= 4 is 22.9 Å². The molecule has 1 aromatic heterocycles. The van der Waals surface area contributed by atoms with E-state index in [0.717, 1.165) is 18.4 Å². The molecule has 0 amide bonds. The third-order valence-corrected chi connectivity index (χ3v) is 2.89. The molecule has 1 N–H and O–H groups in total. The van der Waals surface area contributed by atoms with Crippen molar-refractivity contribution in [2.45, 2.75) is 25.9 Å². The molecule has 0 fully saturated rings. The van der Waals surface area contributed by atoms with E-state index in [2.05, 4.69) is 0 Å². The van der Waals surface area contributed by atoms with E-state index in [0.29, 0.717) is 5.88 Å². The van der Waals surface area contributed by atoms with Crippen LogP contribution in [-0.4, -0.2) is 11.0 Å². The van der Waals surface area contributed by atoms with Crippen LogP contribution in [0.2, 0.25) is 0 Å². The van der Waals surface area contributed by atoms with Crippen molar-refractivity contribution in [1.29, 1.82) is 0 Å². The van der Waals surface area contributed by atoms with Crippen molar-refractivity contribution < 1.29 is 5.11 Å². The Hall–Kier alpha value is -0.0500. The molecule has 1 heterocycles. The molecule has 1 unspecified atom stereocenters. The van der Waals surface area contributed by atoms with Crippen LogP contribution in [0.1, 0.15) is 29.4 Å². The average Bonchev–Trinajstić information content (AvgIpc) is 2.47. The molecule has 1 atom stereocenters. The zero-order chi connectivity index (χ0) is 8.97. The molecule has 1 aromatic rings. The second kappa shape index (κ2) is 4.85. The highest BCUT2D eigenvalue weighted by molar-refractivity contribution is 7.10. The highest BCUT2D eigenvalue weighted by atomic mass is 35.5. The smallest absolute Gasteiger partial charge is 0.0798 e. The summed E-state index contributed by atoms with van der Waals surface area (Å²) < 4.78 is 0. The molecule has 0 aliphatic carbocycles. The third kappa shape index (κ3) is 2.77. The van der Waals surface area contributed by atoms with E-state index in [-0.39, 0.29) is 6.10 Å². The monoisotopic (exact) mass is 204 g/mol. The molecular weight excluding hydrogens is 192 g/mol. The van der Waals surface area contributed by atoms with E-state index in [4.69, 9.17) is 11.6 Å². The molecule has 3 heteroatoms. The quantitative estimate of drug-likeness (QED) is 0.748. The van der Waals surface area contributed by atoms with Gasteiger partial charge in [0.05, 0.1) is 6.10 Å². The van der Waals surface area contributed by atoms with Crippen LogP contribution in [0.5, 0.6) is 0 Å². The normalized spacial score (nSPS) is 13.2. The van der Waals surface area contributed by atoms with Gasteiger partial charge >= 0.3 is 0 Å². The molecule has 12 heavy (non-hydrogen) atoms. The van der Waals surface area contributed by atoms with Crippen LogP contribution in [-0.2, 0) is 0 Å². The lowest BCUT2D eigenvalue weighted by atomic mass is 10.1. The molecule has 0 radical (unpaired) electrons. The molecule has 0 saturated heterocycles. The minimum atomic E-state index is -0.325. The zero-order valence-corrected chi connectivity index (χ0v) is 8.66. The molecular formula is C9H13ClOS. The molecule has 68 valence electrons. The standard InChI is InChI=1S/C9H13ClOS/c1-7-5-8(6-12-7)9(11)3-2-4-10/h5-6,9,11H,2-4H2,1H3. The van der Waals surface area contributed by atoms with Crippen LogP contribution in [0, 0.1) is 6.92 Å². The maximum Gasteiger partial charge on any atom is 0.0798 e. The Morgan fingerprint density at radius 3 is 2.92 bits per heavy atom. The van der Waals surface area contributed by atoms with Crippen LogP contribution < -0.4 is 0 Å². The number of rotatable bonds is 4. The predicted molar refractivity (Wildman–Crippen MR) is 54.0 cm³/mol. The molecule has 0 aliphatic heterocycles. The first-order valence-electron chi connectivity index (χ1n) is 4.03. The van der Waals surface area contributed by atoms with Gasteiger partial charge in [0, 0.05) is 10.8 Å². The van der Waals surface area contributed by atoms with Crippen LogP contribution in [0.25, 0.3) is 0 Å². The van der Waals surface area contributed by atoms with E-state index in [1.54, 1.807) is 11.3 Å². The summed E-state index contributed by atoms with van der Waals surface area (Å²) >= 11 is 7.20. The maximum atomic E-state index is 9.61. The number of hydrogen-bond donors (Lipinski definition) is 1. The maximum absolute atomic E-state index is 9.61. The summed E-state index contributed by atoms with van der Waals surface area (Å²) in [5.41, 5.74) is 1.03. The SMILES string of the molecule is Cc1cc(C(O)CCCCl)cs1. The van der Waals surface area contributed by atoms with Gasteiger partial charge < -0.3 is 5.11 Å².